The van der Waals surface area contributed by atoms with Gasteiger partial charge in [0.25, 0.3) is 0 Å². The Hall–Kier alpha value is -2.51. The molecule has 8 heteroatoms. The number of carbonyl (C=O) groups excluding carboxylic acids is 1. The predicted octanol–water partition coefficient (Wildman–Crippen LogP) is 2.34. The largest absolute Gasteiger partial charge is 0.444 e. The molecule has 0 radical (unpaired) electrons. The van der Waals surface area contributed by atoms with Crippen molar-refractivity contribution in [3.8, 4) is 0 Å². The zero-order valence-electron chi connectivity index (χ0n) is 16.9. The first-order valence-electron chi connectivity index (χ1n) is 9.10. The molecule has 3 N–H and O–H groups in total. The van der Waals surface area contributed by atoms with Crippen LogP contribution in [0.1, 0.15) is 27.2 Å². The molecule has 1 rings (SSSR count). The van der Waals surface area contributed by atoms with Gasteiger partial charge < -0.3 is 25.6 Å². The number of rotatable bonds is 8. The van der Waals surface area contributed by atoms with Crippen LogP contribution in [0.4, 0.5) is 14.9 Å². The van der Waals surface area contributed by atoms with Gasteiger partial charge in [0.1, 0.15) is 11.4 Å². The number of benzene rings is 1. The first-order chi connectivity index (χ1) is 12.7. The van der Waals surface area contributed by atoms with Crippen molar-refractivity contribution in [1.82, 2.24) is 16.0 Å². The van der Waals surface area contributed by atoms with Crippen molar-refractivity contribution in [3.05, 3.63) is 30.1 Å². The maximum atomic E-state index is 13.7. The fraction of sp³-hybridized carbons (Fsp3) is 0.579. The number of hydrogen-bond donors (Lipinski definition) is 3. The Labute approximate surface area is 161 Å². The molecule has 0 saturated heterocycles. The summed E-state index contributed by atoms with van der Waals surface area (Å²) in [6.07, 6.45) is 0.380. The lowest BCUT2D eigenvalue weighted by atomic mass is 10.2. The van der Waals surface area contributed by atoms with Crippen molar-refractivity contribution in [3.63, 3.8) is 0 Å². The van der Waals surface area contributed by atoms with Crippen LogP contribution in [-0.2, 0) is 4.74 Å². The Morgan fingerprint density at radius 1 is 1.15 bits per heavy atom. The fourth-order valence-electron chi connectivity index (χ4n) is 2.29. The topological polar surface area (TPSA) is 78.0 Å². The highest BCUT2D eigenvalue weighted by molar-refractivity contribution is 5.79. The van der Waals surface area contributed by atoms with Crippen LogP contribution in [-0.4, -0.2) is 57.9 Å². The number of carbonyl (C=O) groups is 1. The van der Waals surface area contributed by atoms with E-state index in [1.807, 2.05) is 38.8 Å². The van der Waals surface area contributed by atoms with E-state index in [0.717, 1.165) is 6.42 Å². The van der Waals surface area contributed by atoms with Crippen molar-refractivity contribution in [2.75, 3.05) is 45.2 Å². The zero-order chi connectivity index (χ0) is 20.3. The number of hydrogen-bond acceptors (Lipinski definition) is 4. The molecule has 0 spiro atoms. The summed E-state index contributed by atoms with van der Waals surface area (Å²) in [5.41, 5.74) is 0.0820. The van der Waals surface area contributed by atoms with E-state index >= 15 is 0 Å². The molecule has 0 heterocycles. The molecule has 0 saturated carbocycles. The Bertz CT molecular complexity index is 616. The van der Waals surface area contributed by atoms with Gasteiger partial charge in [-0.3, -0.25) is 4.99 Å². The standard InChI is InChI=1S/C19H32FN5O2/c1-19(2,3)27-18(26)24-13-12-23-17(21-4)22-11-8-14-25(5)16-10-7-6-9-15(16)20/h6-7,9-10H,8,11-14H2,1-5H3,(H,24,26)(H2,21,22,23). The van der Waals surface area contributed by atoms with Gasteiger partial charge in [-0.25, -0.2) is 9.18 Å². The van der Waals surface area contributed by atoms with Gasteiger partial charge in [-0.05, 0) is 39.3 Å². The van der Waals surface area contributed by atoms with Gasteiger partial charge >= 0.3 is 6.09 Å². The second kappa shape index (κ2) is 11.3. The minimum Gasteiger partial charge on any atom is -0.444 e. The van der Waals surface area contributed by atoms with Crippen LogP contribution in [0, 0.1) is 5.82 Å². The first-order valence-corrected chi connectivity index (χ1v) is 9.10. The second-order valence-corrected chi connectivity index (χ2v) is 7.08. The fourth-order valence-corrected chi connectivity index (χ4v) is 2.29. The first kappa shape index (κ1) is 22.5. The number of alkyl carbamates (subject to hydrolysis) is 1. The third kappa shape index (κ3) is 9.67. The van der Waals surface area contributed by atoms with E-state index in [4.69, 9.17) is 4.74 Å². The third-order valence-electron chi connectivity index (χ3n) is 3.54. The van der Waals surface area contributed by atoms with Crippen molar-refractivity contribution >= 4 is 17.7 Å². The average molecular weight is 381 g/mol. The quantitative estimate of drug-likeness (QED) is 0.366. The molecule has 0 aliphatic rings. The van der Waals surface area contributed by atoms with E-state index in [-0.39, 0.29) is 5.82 Å². The van der Waals surface area contributed by atoms with E-state index in [0.29, 0.717) is 37.8 Å². The Kier molecular flexibility index (Phi) is 9.39. The van der Waals surface area contributed by atoms with Gasteiger partial charge in [-0.15, -0.1) is 0 Å². The molecule has 0 aliphatic carbocycles. The number of amides is 1. The van der Waals surface area contributed by atoms with Crippen molar-refractivity contribution in [2.24, 2.45) is 4.99 Å². The minimum absolute atomic E-state index is 0.220. The van der Waals surface area contributed by atoms with E-state index in [2.05, 4.69) is 20.9 Å². The van der Waals surface area contributed by atoms with Crippen LogP contribution in [0.3, 0.4) is 0 Å². The van der Waals surface area contributed by atoms with E-state index in [9.17, 15) is 9.18 Å². The van der Waals surface area contributed by atoms with E-state index in [1.165, 1.54) is 6.07 Å². The monoisotopic (exact) mass is 381 g/mol. The summed E-state index contributed by atoms with van der Waals surface area (Å²) in [4.78, 5) is 17.6. The molecule has 1 aromatic carbocycles. The third-order valence-corrected chi connectivity index (χ3v) is 3.54. The SMILES string of the molecule is CN=C(NCCCN(C)c1ccccc1F)NCCNC(=O)OC(C)(C)C. The Balaban J connectivity index is 2.20. The molecule has 7 nitrogen and oxygen atoms in total. The normalized spacial score (nSPS) is 11.7. The summed E-state index contributed by atoms with van der Waals surface area (Å²) in [6.45, 7) is 7.81. The molecule has 0 aromatic heterocycles. The van der Waals surface area contributed by atoms with Crippen LogP contribution in [0.5, 0.6) is 0 Å². The van der Waals surface area contributed by atoms with Gasteiger partial charge in [0.05, 0.1) is 5.69 Å². The highest BCUT2D eigenvalue weighted by atomic mass is 19.1. The summed E-state index contributed by atoms with van der Waals surface area (Å²) >= 11 is 0. The van der Waals surface area contributed by atoms with Crippen LogP contribution in [0.25, 0.3) is 0 Å². The smallest absolute Gasteiger partial charge is 0.407 e. The van der Waals surface area contributed by atoms with Crippen LogP contribution in [0.2, 0.25) is 0 Å². The van der Waals surface area contributed by atoms with E-state index < -0.39 is 11.7 Å². The van der Waals surface area contributed by atoms with Gasteiger partial charge in [-0.1, -0.05) is 12.1 Å². The molecular formula is C19H32FN5O2. The van der Waals surface area contributed by atoms with Crippen molar-refractivity contribution < 1.29 is 13.9 Å². The molecule has 0 atom stereocenters. The van der Waals surface area contributed by atoms with Crippen LogP contribution < -0.4 is 20.9 Å². The number of ether oxygens (including phenoxy) is 1. The summed E-state index contributed by atoms with van der Waals surface area (Å²) in [7, 11) is 3.55. The molecule has 27 heavy (non-hydrogen) atoms. The maximum absolute atomic E-state index is 13.7. The molecule has 152 valence electrons. The lowest BCUT2D eigenvalue weighted by Crippen LogP contribution is -2.43. The number of guanidine groups is 1. The van der Waals surface area contributed by atoms with Gasteiger partial charge in [-0.2, -0.15) is 0 Å². The molecule has 0 unspecified atom stereocenters. The van der Waals surface area contributed by atoms with Crippen molar-refractivity contribution in [1.29, 1.82) is 0 Å². The number of nitrogens with one attached hydrogen (secondary N) is 3. The van der Waals surface area contributed by atoms with Gasteiger partial charge in [0, 0.05) is 40.3 Å². The van der Waals surface area contributed by atoms with Gasteiger partial charge in [0.2, 0.25) is 0 Å². The zero-order valence-corrected chi connectivity index (χ0v) is 16.9. The average Bonchev–Trinajstić information content (AvgIpc) is 2.59. The highest BCUT2D eigenvalue weighted by Gasteiger charge is 2.15. The Morgan fingerprint density at radius 2 is 1.78 bits per heavy atom. The van der Waals surface area contributed by atoms with Gasteiger partial charge in [0.15, 0.2) is 5.96 Å². The molecule has 0 fully saturated rings. The van der Waals surface area contributed by atoms with Crippen LogP contribution in [0.15, 0.2) is 29.3 Å². The lowest BCUT2D eigenvalue weighted by molar-refractivity contribution is 0.0529. The molecule has 1 amide bonds. The van der Waals surface area contributed by atoms with Crippen molar-refractivity contribution in [2.45, 2.75) is 32.8 Å². The predicted molar refractivity (Wildman–Crippen MR) is 108 cm³/mol. The molecule has 0 bridgehead atoms. The number of halogens is 1. The number of nitrogens with zero attached hydrogens (tertiary/aromatic N) is 2. The number of para-hydroxylation sites is 1. The minimum atomic E-state index is -0.509. The summed E-state index contributed by atoms with van der Waals surface area (Å²) in [5.74, 6) is 0.428. The number of anilines is 1. The van der Waals surface area contributed by atoms with Crippen LogP contribution >= 0.6 is 0 Å². The highest BCUT2D eigenvalue weighted by Crippen LogP contribution is 2.16. The lowest BCUT2D eigenvalue weighted by Gasteiger charge is -2.20. The summed E-state index contributed by atoms with van der Waals surface area (Å²) in [5, 5.41) is 8.98. The maximum Gasteiger partial charge on any atom is 0.407 e. The van der Waals surface area contributed by atoms with E-state index in [1.54, 1.807) is 19.2 Å². The molecule has 1 aromatic rings. The molecular weight excluding hydrogens is 349 g/mol. The number of aliphatic imine (C=N–C) groups is 1. The summed E-state index contributed by atoms with van der Waals surface area (Å²) in [6, 6.07) is 6.73. The Morgan fingerprint density at radius 3 is 2.41 bits per heavy atom. The summed E-state index contributed by atoms with van der Waals surface area (Å²) < 4.78 is 18.9. The molecule has 0 aliphatic heterocycles. The second-order valence-electron chi connectivity index (χ2n) is 7.08.